The Morgan fingerprint density at radius 3 is 1.35 bits per heavy atom. The molecule has 0 aliphatic heterocycles. The first-order chi connectivity index (χ1) is 11.5. The summed E-state index contributed by atoms with van der Waals surface area (Å²) in [7, 11) is -1.40. The second kappa shape index (κ2) is 9.68. The molecule has 0 spiro atoms. The molecule has 5 heteroatoms. The number of rotatable bonds is 11. The molecule has 0 aromatic rings. The molecule has 0 radical (unpaired) electrons. The third-order valence-corrected chi connectivity index (χ3v) is 9.00. The van der Waals surface area contributed by atoms with E-state index in [9.17, 15) is 5.11 Å². The number of unbranched alkanes of at least 4 members (excludes halogenated alkanes) is 1. The molecule has 0 aliphatic rings. The van der Waals surface area contributed by atoms with Crippen LogP contribution in [0.2, 0.25) is 10.1 Å². The summed E-state index contributed by atoms with van der Waals surface area (Å²) < 4.78 is 13.4. The molecule has 0 rings (SSSR count). The first kappa shape index (κ1) is 26.3. The van der Waals surface area contributed by atoms with Gasteiger partial charge in [-0.15, -0.1) is 0 Å². The maximum Gasteiger partial charge on any atom is 0.167 e. The maximum absolute atomic E-state index is 10.00. The minimum Gasteiger partial charge on any atom is -0.418 e. The van der Waals surface area contributed by atoms with Gasteiger partial charge in [0.05, 0.1) is 11.2 Å². The average Bonchev–Trinajstić information content (AvgIpc) is 2.46. The summed E-state index contributed by atoms with van der Waals surface area (Å²) in [5.74, 6) is 0. The Bertz CT molecular complexity index is 376. The van der Waals surface area contributed by atoms with Gasteiger partial charge in [0.15, 0.2) is 19.5 Å². The molecule has 1 N–H and O–H groups in total. The summed E-state index contributed by atoms with van der Waals surface area (Å²) >= 11 is 0. The summed E-state index contributed by atoms with van der Waals surface area (Å²) in [5.41, 5.74) is -0.832. The summed E-state index contributed by atoms with van der Waals surface area (Å²) in [5, 5.41) is 10.5. The van der Waals surface area contributed by atoms with Crippen LogP contribution in [0.4, 0.5) is 0 Å². The molecule has 0 aromatic carbocycles. The Balaban J connectivity index is 5.90. The molecule has 0 aromatic heterocycles. The van der Waals surface area contributed by atoms with Crippen molar-refractivity contribution in [3.8, 4) is 0 Å². The van der Waals surface area contributed by atoms with Crippen molar-refractivity contribution < 1.29 is 14.0 Å². The zero-order valence-electron chi connectivity index (χ0n) is 19.7. The molecule has 0 amide bonds. The van der Waals surface area contributed by atoms with Crippen molar-refractivity contribution in [1.29, 1.82) is 0 Å². The van der Waals surface area contributed by atoms with Crippen LogP contribution in [0.15, 0.2) is 0 Å². The van der Waals surface area contributed by atoms with Gasteiger partial charge in [-0.2, -0.15) is 0 Å². The van der Waals surface area contributed by atoms with E-state index in [0.717, 1.165) is 25.7 Å². The molecular weight excluding hydrogens is 356 g/mol. The van der Waals surface area contributed by atoms with Crippen LogP contribution in [-0.4, -0.2) is 42.4 Å². The second-order valence-electron chi connectivity index (χ2n) is 11.4. The zero-order valence-corrected chi connectivity index (χ0v) is 22.5. The third-order valence-electron chi connectivity index (χ3n) is 5.53. The number of aliphatic hydroxyl groups excluding tert-OH is 1. The largest absolute Gasteiger partial charge is 0.418 e. The van der Waals surface area contributed by atoms with Crippen molar-refractivity contribution in [2.75, 3.05) is 6.61 Å². The summed E-state index contributed by atoms with van der Waals surface area (Å²) in [6.45, 7) is 25.0. The van der Waals surface area contributed by atoms with Gasteiger partial charge in [0.1, 0.15) is 0 Å². The molecular formula is C21H48O3Si2. The molecule has 3 nitrogen and oxygen atoms in total. The topological polar surface area (TPSA) is 38.7 Å². The fraction of sp³-hybridized carbons (Fsp3) is 1.00. The van der Waals surface area contributed by atoms with E-state index in [4.69, 9.17) is 8.85 Å². The monoisotopic (exact) mass is 404 g/mol. The molecule has 0 atom stereocenters. The third kappa shape index (κ3) is 7.74. The van der Waals surface area contributed by atoms with Crippen molar-refractivity contribution in [2.24, 2.45) is 5.41 Å². The minimum absolute atomic E-state index is 0.178. The Hall–Kier alpha value is 0.314. The van der Waals surface area contributed by atoms with Crippen molar-refractivity contribution in [2.45, 2.75) is 123 Å². The SMILES string of the molecule is CCCCC(CCO)(C(C)(C)O[SiH2]C(C)(C)C)C(C)(C)O[SiH2]C(C)(C)C. The molecule has 0 unspecified atom stereocenters. The van der Waals surface area contributed by atoms with Crippen LogP contribution in [0.5, 0.6) is 0 Å². The Kier molecular flexibility index (Phi) is 9.80. The number of hydrogen-bond donors (Lipinski definition) is 1. The molecule has 0 saturated carbocycles. The average molecular weight is 405 g/mol. The molecule has 0 aliphatic carbocycles. The van der Waals surface area contributed by atoms with E-state index < -0.39 is 19.5 Å². The quantitative estimate of drug-likeness (QED) is 0.505. The highest BCUT2D eigenvalue weighted by Gasteiger charge is 2.55. The van der Waals surface area contributed by atoms with Crippen LogP contribution < -0.4 is 0 Å². The lowest BCUT2D eigenvalue weighted by Gasteiger charge is -2.57. The Morgan fingerprint density at radius 1 is 0.692 bits per heavy atom. The van der Waals surface area contributed by atoms with Crippen LogP contribution in [-0.2, 0) is 8.85 Å². The molecule has 26 heavy (non-hydrogen) atoms. The van der Waals surface area contributed by atoms with Gasteiger partial charge in [-0.25, -0.2) is 0 Å². The van der Waals surface area contributed by atoms with Gasteiger partial charge < -0.3 is 14.0 Å². The lowest BCUT2D eigenvalue weighted by atomic mass is 9.59. The minimum atomic E-state index is -0.700. The van der Waals surface area contributed by atoms with Gasteiger partial charge in [-0.1, -0.05) is 61.3 Å². The first-order valence-electron chi connectivity index (χ1n) is 10.4. The van der Waals surface area contributed by atoms with Gasteiger partial charge in [0.25, 0.3) is 0 Å². The summed E-state index contributed by atoms with van der Waals surface area (Å²) in [4.78, 5) is 0. The summed E-state index contributed by atoms with van der Waals surface area (Å²) in [6.07, 6.45) is 4.03. The highest BCUT2D eigenvalue weighted by Crippen LogP contribution is 2.52. The normalized spacial score (nSPS) is 17.5. The zero-order chi connectivity index (χ0) is 20.9. The van der Waals surface area contributed by atoms with Crippen molar-refractivity contribution in [1.82, 2.24) is 0 Å². The second-order valence-corrected chi connectivity index (χ2v) is 16.8. The molecule has 0 saturated heterocycles. The Labute approximate surface area is 168 Å². The van der Waals surface area contributed by atoms with E-state index in [1.165, 1.54) is 0 Å². The molecule has 0 heterocycles. The van der Waals surface area contributed by atoms with Gasteiger partial charge in [-0.3, -0.25) is 0 Å². The molecule has 0 fully saturated rings. The van der Waals surface area contributed by atoms with Gasteiger partial charge >= 0.3 is 0 Å². The fourth-order valence-electron chi connectivity index (χ4n) is 3.79. The van der Waals surface area contributed by atoms with E-state index in [-0.39, 0.29) is 33.3 Å². The van der Waals surface area contributed by atoms with E-state index in [1.807, 2.05) is 0 Å². The number of hydrogen-bond acceptors (Lipinski definition) is 3. The van der Waals surface area contributed by atoms with Crippen molar-refractivity contribution in [3.05, 3.63) is 0 Å². The Morgan fingerprint density at radius 2 is 1.08 bits per heavy atom. The lowest BCUT2D eigenvalue weighted by Crippen LogP contribution is -2.60. The number of aliphatic hydroxyl groups is 1. The highest BCUT2D eigenvalue weighted by atomic mass is 28.2. The van der Waals surface area contributed by atoms with E-state index in [1.54, 1.807) is 0 Å². The predicted octanol–water partition coefficient (Wildman–Crippen LogP) is 4.74. The van der Waals surface area contributed by atoms with Gasteiger partial charge in [-0.05, 0) is 50.6 Å². The van der Waals surface area contributed by atoms with Crippen LogP contribution in [0.25, 0.3) is 0 Å². The van der Waals surface area contributed by atoms with E-state index >= 15 is 0 Å². The van der Waals surface area contributed by atoms with Crippen molar-refractivity contribution >= 4 is 19.5 Å². The first-order valence-corrected chi connectivity index (χ1v) is 13.0. The van der Waals surface area contributed by atoms with Crippen LogP contribution in [0, 0.1) is 5.41 Å². The standard InChI is InChI=1S/C21H48O3Si2/c1-12-13-14-21(15-16-22,19(8,9)23-25-17(2,3)4)20(10,11)24-26-18(5,6)7/h22H,12-16,25-26H2,1-11H3. The van der Waals surface area contributed by atoms with E-state index in [0.29, 0.717) is 0 Å². The maximum atomic E-state index is 10.00. The smallest absolute Gasteiger partial charge is 0.167 e. The predicted molar refractivity (Wildman–Crippen MR) is 121 cm³/mol. The molecule has 0 bridgehead atoms. The summed E-state index contributed by atoms with van der Waals surface area (Å²) in [6, 6.07) is 0. The van der Waals surface area contributed by atoms with E-state index in [2.05, 4.69) is 76.2 Å². The molecule has 158 valence electrons. The van der Waals surface area contributed by atoms with Gasteiger partial charge in [0.2, 0.25) is 0 Å². The van der Waals surface area contributed by atoms with Gasteiger partial charge in [0, 0.05) is 12.0 Å². The van der Waals surface area contributed by atoms with Crippen LogP contribution in [0.1, 0.15) is 102 Å². The highest BCUT2D eigenvalue weighted by molar-refractivity contribution is 6.32. The lowest BCUT2D eigenvalue weighted by molar-refractivity contribution is -0.159. The fourth-order valence-corrected chi connectivity index (χ4v) is 5.93. The van der Waals surface area contributed by atoms with Crippen LogP contribution in [0.3, 0.4) is 0 Å². The van der Waals surface area contributed by atoms with Crippen molar-refractivity contribution in [3.63, 3.8) is 0 Å². The van der Waals surface area contributed by atoms with Crippen LogP contribution >= 0.6 is 0 Å².